The van der Waals surface area contributed by atoms with Crippen LogP contribution in [0.4, 0.5) is 5.69 Å². The number of hydrogen-bond acceptors (Lipinski definition) is 7. The minimum absolute atomic E-state index is 0.0846. The van der Waals surface area contributed by atoms with E-state index in [9.17, 15) is 14.7 Å². The third-order valence-corrected chi connectivity index (χ3v) is 5.92. The van der Waals surface area contributed by atoms with Gasteiger partial charge in [-0.15, -0.1) is 0 Å². The van der Waals surface area contributed by atoms with Gasteiger partial charge in [0, 0.05) is 31.9 Å². The van der Waals surface area contributed by atoms with E-state index in [1.807, 2.05) is 62.3 Å². The number of aliphatic hydroxyl groups is 1. The van der Waals surface area contributed by atoms with Gasteiger partial charge in [0.15, 0.2) is 11.5 Å². The van der Waals surface area contributed by atoms with Crippen molar-refractivity contribution in [2.75, 3.05) is 53.0 Å². The molecule has 1 fully saturated rings. The third kappa shape index (κ3) is 4.39. The Balaban J connectivity index is 1.78. The predicted molar refractivity (Wildman–Crippen MR) is 126 cm³/mol. The van der Waals surface area contributed by atoms with E-state index in [4.69, 9.17) is 9.47 Å². The molecule has 2 heterocycles. The smallest absolute Gasteiger partial charge is 0.295 e. The van der Waals surface area contributed by atoms with Gasteiger partial charge in [0.1, 0.15) is 5.76 Å². The van der Waals surface area contributed by atoms with Crippen LogP contribution in [-0.4, -0.2) is 74.7 Å². The predicted octanol–water partition coefficient (Wildman–Crippen LogP) is 2.85. The van der Waals surface area contributed by atoms with E-state index in [1.165, 1.54) is 0 Å². The average Bonchev–Trinajstić information content (AvgIpc) is 3.36. The molecule has 4 rings (SSSR count). The number of carbonyl (C=O) groups excluding carboxylic acids is 2. The second kappa shape index (κ2) is 9.15. The van der Waals surface area contributed by atoms with E-state index in [1.54, 1.807) is 23.1 Å². The molecule has 2 aliphatic rings. The Bertz CT molecular complexity index is 1090. The molecule has 0 spiro atoms. The van der Waals surface area contributed by atoms with Crippen molar-refractivity contribution in [2.24, 2.45) is 0 Å². The average molecular weight is 452 g/mol. The number of fused-ring (bicyclic) bond motifs is 1. The second-order valence-electron chi connectivity index (χ2n) is 8.70. The molecule has 1 saturated heterocycles. The van der Waals surface area contributed by atoms with Gasteiger partial charge >= 0.3 is 0 Å². The molecule has 2 aliphatic heterocycles. The van der Waals surface area contributed by atoms with Crippen LogP contribution in [0, 0.1) is 0 Å². The Morgan fingerprint density at radius 1 is 1.03 bits per heavy atom. The molecule has 0 bridgehead atoms. The molecule has 0 aromatic heterocycles. The summed E-state index contributed by atoms with van der Waals surface area (Å²) in [4.78, 5) is 31.7. The minimum Gasteiger partial charge on any atom is -0.507 e. The second-order valence-corrected chi connectivity index (χ2v) is 8.70. The number of amides is 1. The molecule has 8 heteroatoms. The lowest BCUT2D eigenvalue weighted by Crippen LogP contribution is -2.32. The Morgan fingerprint density at radius 3 is 2.39 bits per heavy atom. The summed E-state index contributed by atoms with van der Waals surface area (Å²) in [7, 11) is 7.82. The molecular weight excluding hydrogens is 422 g/mol. The van der Waals surface area contributed by atoms with E-state index in [0.717, 1.165) is 17.8 Å². The Kier molecular flexibility index (Phi) is 6.29. The van der Waals surface area contributed by atoms with Gasteiger partial charge in [-0.05, 0) is 63.0 Å². The zero-order valence-electron chi connectivity index (χ0n) is 19.4. The first kappa shape index (κ1) is 22.7. The fourth-order valence-electron chi connectivity index (χ4n) is 4.17. The highest BCUT2D eigenvalue weighted by molar-refractivity contribution is 6.46. The summed E-state index contributed by atoms with van der Waals surface area (Å²) < 4.78 is 10.8. The van der Waals surface area contributed by atoms with Gasteiger partial charge in [0.05, 0.1) is 11.6 Å². The molecule has 8 nitrogen and oxygen atoms in total. The summed E-state index contributed by atoms with van der Waals surface area (Å²) in [6.45, 7) is 1.28. The van der Waals surface area contributed by atoms with Crippen LogP contribution in [0.2, 0.25) is 0 Å². The van der Waals surface area contributed by atoms with Gasteiger partial charge in [-0.25, -0.2) is 0 Å². The summed E-state index contributed by atoms with van der Waals surface area (Å²) in [6.07, 6.45) is 0.705. The summed E-state index contributed by atoms with van der Waals surface area (Å²) in [5, 5.41) is 11.2. The van der Waals surface area contributed by atoms with Gasteiger partial charge in [-0.1, -0.05) is 12.1 Å². The van der Waals surface area contributed by atoms with Crippen LogP contribution in [0.15, 0.2) is 48.0 Å². The molecular formula is C25H29N3O5. The lowest BCUT2D eigenvalue weighted by molar-refractivity contribution is -0.139. The van der Waals surface area contributed by atoms with E-state index >= 15 is 0 Å². The highest BCUT2D eigenvalue weighted by Crippen LogP contribution is 2.41. The zero-order chi connectivity index (χ0) is 23.7. The summed E-state index contributed by atoms with van der Waals surface area (Å²) in [6, 6.07) is 12.0. The van der Waals surface area contributed by atoms with Crippen molar-refractivity contribution < 1.29 is 24.2 Å². The standard InChI is InChI=1S/C25H29N3O5/c1-26(2)12-5-13-28-22(16-6-9-18(10-7-16)27(3)4)21(24(30)25(28)31)23(29)17-8-11-19-20(14-17)33-15-32-19/h6-11,14,22,29H,5,12-13,15H2,1-4H3/b23-21-. The van der Waals surface area contributed by atoms with Crippen molar-refractivity contribution in [1.82, 2.24) is 9.80 Å². The topological polar surface area (TPSA) is 82.6 Å². The summed E-state index contributed by atoms with van der Waals surface area (Å²) in [5.41, 5.74) is 2.26. The van der Waals surface area contributed by atoms with Crippen molar-refractivity contribution in [2.45, 2.75) is 12.5 Å². The number of anilines is 1. The lowest BCUT2D eigenvalue weighted by Gasteiger charge is -2.26. The van der Waals surface area contributed by atoms with Gasteiger partial charge in [-0.3, -0.25) is 9.59 Å². The van der Waals surface area contributed by atoms with Crippen LogP contribution in [0.5, 0.6) is 11.5 Å². The van der Waals surface area contributed by atoms with Gasteiger partial charge < -0.3 is 29.3 Å². The normalized spacial score (nSPS) is 18.9. The highest BCUT2D eigenvalue weighted by Gasteiger charge is 2.45. The molecule has 0 saturated carbocycles. The first-order valence-corrected chi connectivity index (χ1v) is 10.9. The molecule has 1 unspecified atom stereocenters. The number of ketones is 1. The number of rotatable bonds is 7. The molecule has 1 N–H and O–H groups in total. The van der Waals surface area contributed by atoms with E-state index < -0.39 is 17.7 Å². The van der Waals surface area contributed by atoms with Crippen molar-refractivity contribution in [1.29, 1.82) is 0 Å². The summed E-state index contributed by atoms with van der Waals surface area (Å²) in [5.74, 6) is -0.435. The number of hydrogen-bond donors (Lipinski definition) is 1. The molecule has 1 atom stereocenters. The van der Waals surface area contributed by atoms with E-state index in [0.29, 0.717) is 30.0 Å². The van der Waals surface area contributed by atoms with Crippen molar-refractivity contribution in [3.05, 3.63) is 59.2 Å². The quantitative estimate of drug-likeness (QED) is 0.394. The molecule has 0 radical (unpaired) electrons. The van der Waals surface area contributed by atoms with E-state index in [2.05, 4.69) is 0 Å². The number of Topliss-reactive ketones (excluding diaryl/α,β-unsaturated/α-hetero) is 1. The zero-order valence-corrected chi connectivity index (χ0v) is 19.4. The maximum atomic E-state index is 13.1. The van der Waals surface area contributed by atoms with Gasteiger partial charge in [0.25, 0.3) is 11.7 Å². The van der Waals surface area contributed by atoms with Crippen LogP contribution in [0.1, 0.15) is 23.6 Å². The summed E-state index contributed by atoms with van der Waals surface area (Å²) >= 11 is 0. The molecule has 33 heavy (non-hydrogen) atoms. The van der Waals surface area contributed by atoms with Crippen LogP contribution in [0.25, 0.3) is 5.76 Å². The Morgan fingerprint density at radius 2 is 1.73 bits per heavy atom. The lowest BCUT2D eigenvalue weighted by atomic mass is 9.95. The molecule has 2 aromatic carbocycles. The molecule has 2 aromatic rings. The number of benzene rings is 2. The minimum atomic E-state index is -0.684. The fraction of sp³-hybridized carbons (Fsp3) is 0.360. The van der Waals surface area contributed by atoms with Crippen LogP contribution < -0.4 is 14.4 Å². The molecule has 1 amide bonds. The monoisotopic (exact) mass is 451 g/mol. The van der Waals surface area contributed by atoms with Crippen molar-refractivity contribution >= 4 is 23.1 Å². The van der Waals surface area contributed by atoms with Crippen LogP contribution in [0.3, 0.4) is 0 Å². The number of nitrogens with zero attached hydrogens (tertiary/aromatic N) is 3. The van der Waals surface area contributed by atoms with Crippen molar-refractivity contribution in [3.63, 3.8) is 0 Å². The Hall–Kier alpha value is -3.52. The third-order valence-electron chi connectivity index (χ3n) is 5.92. The first-order chi connectivity index (χ1) is 15.8. The van der Waals surface area contributed by atoms with Crippen LogP contribution >= 0.6 is 0 Å². The van der Waals surface area contributed by atoms with E-state index in [-0.39, 0.29) is 18.1 Å². The van der Waals surface area contributed by atoms with Gasteiger partial charge in [0.2, 0.25) is 6.79 Å². The number of aliphatic hydroxyl groups excluding tert-OH is 1. The van der Waals surface area contributed by atoms with Gasteiger partial charge in [-0.2, -0.15) is 0 Å². The SMILES string of the molecule is CN(C)CCCN1C(=O)C(=O)/C(=C(\O)c2ccc3c(c2)OCO3)C1c1ccc(N(C)C)cc1. The molecule has 0 aliphatic carbocycles. The molecule has 174 valence electrons. The highest BCUT2D eigenvalue weighted by atomic mass is 16.7. The number of carbonyl (C=O) groups is 2. The largest absolute Gasteiger partial charge is 0.507 e. The number of ether oxygens (including phenoxy) is 2. The van der Waals surface area contributed by atoms with Crippen molar-refractivity contribution in [3.8, 4) is 11.5 Å². The maximum absolute atomic E-state index is 13.1. The fourth-order valence-corrected chi connectivity index (χ4v) is 4.17. The number of likely N-dealkylation sites (tertiary alicyclic amines) is 1. The van der Waals surface area contributed by atoms with Crippen LogP contribution in [-0.2, 0) is 9.59 Å². The maximum Gasteiger partial charge on any atom is 0.295 e. The Labute approximate surface area is 193 Å². The first-order valence-electron chi connectivity index (χ1n) is 10.9.